The molecule has 4 nitrogen and oxygen atoms in total. The summed E-state index contributed by atoms with van der Waals surface area (Å²) in [7, 11) is 0. The van der Waals surface area contributed by atoms with Crippen molar-refractivity contribution < 1.29 is 9.50 Å². The molecular formula is C15H12FN3O. The molecule has 0 fully saturated rings. The summed E-state index contributed by atoms with van der Waals surface area (Å²) in [5.41, 5.74) is 2.20. The molecule has 0 aliphatic carbocycles. The zero-order valence-corrected chi connectivity index (χ0v) is 10.8. The van der Waals surface area contributed by atoms with Crippen molar-refractivity contribution in [3.63, 3.8) is 0 Å². The summed E-state index contributed by atoms with van der Waals surface area (Å²) in [6.07, 6.45) is 3.24. The number of rotatable bonds is 2. The number of aryl methyl sites for hydroxylation is 1. The van der Waals surface area contributed by atoms with Gasteiger partial charge in [-0.05, 0) is 25.1 Å². The van der Waals surface area contributed by atoms with E-state index >= 15 is 0 Å². The first-order valence-electron chi connectivity index (χ1n) is 6.17. The minimum Gasteiger partial charge on any atom is -0.390 e. The fourth-order valence-corrected chi connectivity index (χ4v) is 2.21. The quantitative estimate of drug-likeness (QED) is 0.777. The van der Waals surface area contributed by atoms with Gasteiger partial charge < -0.3 is 5.11 Å². The average molecular weight is 269 g/mol. The van der Waals surface area contributed by atoms with Gasteiger partial charge in [0.2, 0.25) is 0 Å². The standard InChI is InChI=1S/C15H12FN3O/c1-9-11-6-14(16)12(10-3-2-4-17-7-10)5-13(11)15(8-20)19-18-9/h2-7,20H,8H2,1H3. The van der Waals surface area contributed by atoms with E-state index in [0.29, 0.717) is 33.3 Å². The molecule has 0 aliphatic rings. The van der Waals surface area contributed by atoms with E-state index in [2.05, 4.69) is 15.2 Å². The Bertz CT molecular complexity index is 775. The highest BCUT2D eigenvalue weighted by atomic mass is 19.1. The van der Waals surface area contributed by atoms with E-state index in [1.807, 2.05) is 0 Å². The molecule has 2 aromatic heterocycles. The van der Waals surface area contributed by atoms with Crippen molar-refractivity contribution in [2.24, 2.45) is 0 Å². The first-order chi connectivity index (χ1) is 9.70. The number of aliphatic hydroxyl groups excluding tert-OH is 1. The van der Waals surface area contributed by atoms with Crippen LogP contribution in [0.3, 0.4) is 0 Å². The van der Waals surface area contributed by atoms with Crippen molar-refractivity contribution >= 4 is 10.8 Å². The van der Waals surface area contributed by atoms with Gasteiger partial charge in [-0.1, -0.05) is 6.07 Å². The van der Waals surface area contributed by atoms with Crippen LogP contribution in [0.25, 0.3) is 21.9 Å². The minimum atomic E-state index is -0.342. The van der Waals surface area contributed by atoms with Crippen LogP contribution in [-0.4, -0.2) is 20.3 Å². The van der Waals surface area contributed by atoms with Crippen molar-refractivity contribution in [3.8, 4) is 11.1 Å². The van der Waals surface area contributed by atoms with E-state index in [0.717, 1.165) is 0 Å². The van der Waals surface area contributed by atoms with E-state index in [9.17, 15) is 9.50 Å². The van der Waals surface area contributed by atoms with Gasteiger partial charge in [-0.15, -0.1) is 0 Å². The molecule has 0 saturated carbocycles. The number of benzene rings is 1. The second-order valence-electron chi connectivity index (χ2n) is 4.51. The maximum absolute atomic E-state index is 14.3. The maximum Gasteiger partial charge on any atom is 0.131 e. The van der Waals surface area contributed by atoms with Crippen LogP contribution in [0.2, 0.25) is 0 Å². The highest BCUT2D eigenvalue weighted by Gasteiger charge is 2.12. The fraction of sp³-hybridized carbons (Fsp3) is 0.133. The molecule has 2 heterocycles. The van der Waals surface area contributed by atoms with Crippen molar-refractivity contribution in [1.82, 2.24) is 15.2 Å². The molecule has 0 spiro atoms. The molecular weight excluding hydrogens is 257 g/mol. The van der Waals surface area contributed by atoms with E-state index in [1.165, 1.54) is 6.07 Å². The predicted octanol–water partition coefficient (Wildman–Crippen LogP) is 2.63. The van der Waals surface area contributed by atoms with Gasteiger partial charge in [-0.2, -0.15) is 10.2 Å². The predicted molar refractivity (Wildman–Crippen MR) is 73.4 cm³/mol. The van der Waals surface area contributed by atoms with Crippen molar-refractivity contribution in [3.05, 3.63) is 53.9 Å². The Morgan fingerprint density at radius 3 is 2.75 bits per heavy atom. The van der Waals surface area contributed by atoms with Gasteiger partial charge in [0.25, 0.3) is 0 Å². The smallest absolute Gasteiger partial charge is 0.131 e. The van der Waals surface area contributed by atoms with Gasteiger partial charge in [-0.3, -0.25) is 4.98 Å². The molecule has 1 N–H and O–H groups in total. The summed E-state index contributed by atoms with van der Waals surface area (Å²) in [4.78, 5) is 4.00. The lowest BCUT2D eigenvalue weighted by molar-refractivity contribution is 0.277. The zero-order chi connectivity index (χ0) is 14.1. The lowest BCUT2D eigenvalue weighted by Crippen LogP contribution is -1.99. The molecule has 0 amide bonds. The third-order valence-electron chi connectivity index (χ3n) is 3.25. The molecule has 3 rings (SSSR count). The van der Waals surface area contributed by atoms with Gasteiger partial charge in [0.1, 0.15) is 5.82 Å². The Morgan fingerprint density at radius 2 is 2.05 bits per heavy atom. The number of fused-ring (bicyclic) bond motifs is 1. The van der Waals surface area contributed by atoms with Gasteiger partial charge in [-0.25, -0.2) is 4.39 Å². The molecule has 0 unspecified atom stereocenters. The van der Waals surface area contributed by atoms with Crippen LogP contribution < -0.4 is 0 Å². The van der Waals surface area contributed by atoms with Gasteiger partial charge in [0, 0.05) is 34.3 Å². The first-order valence-corrected chi connectivity index (χ1v) is 6.17. The molecule has 1 aromatic carbocycles. The Balaban J connectivity index is 2.33. The Hall–Kier alpha value is -2.40. The van der Waals surface area contributed by atoms with Crippen molar-refractivity contribution in [2.75, 3.05) is 0 Å². The van der Waals surface area contributed by atoms with Gasteiger partial charge in [0.15, 0.2) is 0 Å². The first kappa shape index (κ1) is 12.6. The largest absolute Gasteiger partial charge is 0.390 e. The summed E-state index contributed by atoms with van der Waals surface area (Å²) >= 11 is 0. The highest BCUT2D eigenvalue weighted by Crippen LogP contribution is 2.29. The van der Waals surface area contributed by atoms with Crippen LogP contribution in [0, 0.1) is 12.7 Å². The van der Waals surface area contributed by atoms with Crippen molar-refractivity contribution in [1.29, 1.82) is 0 Å². The molecule has 0 saturated heterocycles. The van der Waals surface area contributed by atoms with Crippen molar-refractivity contribution in [2.45, 2.75) is 13.5 Å². The summed E-state index contributed by atoms with van der Waals surface area (Å²) < 4.78 is 14.3. The van der Waals surface area contributed by atoms with E-state index in [1.54, 1.807) is 37.5 Å². The lowest BCUT2D eigenvalue weighted by atomic mass is 10.0. The number of halogens is 1. The van der Waals surface area contributed by atoms with Crippen LogP contribution in [0.15, 0.2) is 36.7 Å². The lowest BCUT2D eigenvalue weighted by Gasteiger charge is -2.09. The average Bonchev–Trinajstić information content (AvgIpc) is 2.49. The summed E-state index contributed by atoms with van der Waals surface area (Å²) in [5.74, 6) is -0.342. The fourth-order valence-electron chi connectivity index (χ4n) is 2.21. The molecule has 5 heteroatoms. The Kier molecular flexibility index (Phi) is 3.12. The number of nitrogens with zero attached hydrogens (tertiary/aromatic N) is 3. The Labute approximate surface area is 114 Å². The SMILES string of the molecule is Cc1nnc(CO)c2cc(-c3cccnc3)c(F)cc12. The van der Waals surface area contributed by atoms with Gasteiger partial charge >= 0.3 is 0 Å². The molecule has 0 bridgehead atoms. The van der Waals surface area contributed by atoms with Gasteiger partial charge in [0.05, 0.1) is 18.0 Å². The van der Waals surface area contributed by atoms with Crippen LogP contribution in [0.1, 0.15) is 11.4 Å². The highest BCUT2D eigenvalue weighted by molar-refractivity contribution is 5.90. The zero-order valence-electron chi connectivity index (χ0n) is 10.8. The summed E-state index contributed by atoms with van der Waals surface area (Å²) in [6.45, 7) is 1.53. The third-order valence-corrected chi connectivity index (χ3v) is 3.25. The summed E-state index contributed by atoms with van der Waals surface area (Å²) in [5, 5.41) is 18.6. The number of aliphatic hydroxyl groups is 1. The maximum atomic E-state index is 14.3. The molecule has 3 aromatic rings. The van der Waals surface area contributed by atoms with E-state index in [4.69, 9.17) is 0 Å². The second-order valence-corrected chi connectivity index (χ2v) is 4.51. The van der Waals surface area contributed by atoms with Crippen LogP contribution in [0.4, 0.5) is 4.39 Å². The monoisotopic (exact) mass is 269 g/mol. The number of hydrogen-bond donors (Lipinski definition) is 1. The number of hydrogen-bond acceptors (Lipinski definition) is 4. The number of pyridine rings is 1. The van der Waals surface area contributed by atoms with Crippen LogP contribution in [0.5, 0.6) is 0 Å². The second kappa shape index (κ2) is 4.94. The van der Waals surface area contributed by atoms with Crippen LogP contribution >= 0.6 is 0 Å². The summed E-state index contributed by atoms with van der Waals surface area (Å²) in [6, 6.07) is 6.66. The van der Waals surface area contributed by atoms with Crippen LogP contribution in [-0.2, 0) is 6.61 Å². The number of aromatic nitrogens is 3. The normalized spacial score (nSPS) is 10.9. The third kappa shape index (κ3) is 2.02. The molecule has 20 heavy (non-hydrogen) atoms. The van der Waals surface area contributed by atoms with E-state index < -0.39 is 0 Å². The minimum absolute atomic E-state index is 0.234. The Morgan fingerprint density at radius 1 is 1.20 bits per heavy atom. The molecule has 0 atom stereocenters. The van der Waals surface area contributed by atoms with E-state index in [-0.39, 0.29) is 12.4 Å². The topological polar surface area (TPSA) is 58.9 Å². The molecule has 0 aliphatic heterocycles. The molecule has 0 radical (unpaired) electrons. The molecule has 100 valence electrons.